The monoisotopic (exact) mass is 361 g/mol. The highest BCUT2D eigenvalue weighted by atomic mass is 16.2. The first-order valence-electron chi connectivity index (χ1n) is 8.83. The molecule has 0 saturated carbocycles. The minimum absolute atomic E-state index is 0.319. The fourth-order valence-corrected chi connectivity index (χ4v) is 2.69. The van der Waals surface area contributed by atoms with Crippen LogP contribution in [0.2, 0.25) is 0 Å². The molecule has 3 rings (SSSR count). The molecule has 0 fully saturated rings. The van der Waals surface area contributed by atoms with Crippen molar-refractivity contribution in [2.24, 2.45) is 5.92 Å². The minimum atomic E-state index is -0.319. The van der Waals surface area contributed by atoms with Gasteiger partial charge in [-0.15, -0.1) is 0 Å². The lowest BCUT2D eigenvalue weighted by atomic mass is 10.0. The van der Waals surface area contributed by atoms with E-state index in [0.29, 0.717) is 17.3 Å². The molecule has 27 heavy (non-hydrogen) atoms. The van der Waals surface area contributed by atoms with Gasteiger partial charge in [0.2, 0.25) is 0 Å². The molecule has 2 heterocycles. The molecular formula is C21H23N5O. The summed E-state index contributed by atoms with van der Waals surface area (Å²) < 4.78 is 0. The van der Waals surface area contributed by atoms with Crippen LogP contribution in [0, 0.1) is 5.92 Å². The normalized spacial score (nSPS) is 10.6. The number of nitrogens with one attached hydrogen (secondary N) is 3. The van der Waals surface area contributed by atoms with Crippen LogP contribution < -0.4 is 10.9 Å². The average molecular weight is 361 g/mol. The zero-order chi connectivity index (χ0) is 19.2. The Balaban J connectivity index is 1.61. The predicted octanol–water partition coefficient (Wildman–Crippen LogP) is 3.58. The zero-order valence-electron chi connectivity index (χ0n) is 15.5. The lowest BCUT2D eigenvalue weighted by molar-refractivity contribution is 0.0937. The van der Waals surface area contributed by atoms with Gasteiger partial charge in [0.15, 0.2) is 0 Å². The number of H-pyrrole nitrogens is 1. The zero-order valence-corrected chi connectivity index (χ0v) is 15.5. The Morgan fingerprint density at radius 3 is 2.48 bits per heavy atom. The summed E-state index contributed by atoms with van der Waals surface area (Å²) in [5.41, 5.74) is 10.2. The smallest absolute Gasteiger partial charge is 0.287 e. The van der Waals surface area contributed by atoms with E-state index in [1.54, 1.807) is 30.6 Å². The summed E-state index contributed by atoms with van der Waals surface area (Å²) in [5, 5.41) is 7.01. The number of amides is 1. The van der Waals surface area contributed by atoms with Crippen LogP contribution in [-0.2, 0) is 6.42 Å². The summed E-state index contributed by atoms with van der Waals surface area (Å²) in [6.07, 6.45) is 4.37. The Morgan fingerprint density at radius 1 is 1.11 bits per heavy atom. The summed E-state index contributed by atoms with van der Waals surface area (Å²) in [6, 6.07) is 13.6. The SMILES string of the molecule is C=C(NNC(=O)c1cc(-c2ccc(CC(C)C)cc2)n[nH]1)c1ccncc1. The van der Waals surface area contributed by atoms with E-state index in [-0.39, 0.29) is 5.91 Å². The molecule has 0 aliphatic rings. The number of rotatable bonds is 7. The lowest BCUT2D eigenvalue weighted by Gasteiger charge is -2.09. The van der Waals surface area contributed by atoms with Crippen LogP contribution in [0.3, 0.4) is 0 Å². The third-order valence-electron chi connectivity index (χ3n) is 4.07. The van der Waals surface area contributed by atoms with Crippen molar-refractivity contribution < 1.29 is 4.79 Å². The fourth-order valence-electron chi connectivity index (χ4n) is 2.69. The molecule has 138 valence electrons. The van der Waals surface area contributed by atoms with Gasteiger partial charge < -0.3 is 0 Å². The van der Waals surface area contributed by atoms with Gasteiger partial charge in [-0.3, -0.25) is 25.7 Å². The molecule has 1 amide bonds. The van der Waals surface area contributed by atoms with Crippen molar-refractivity contribution in [3.05, 3.63) is 78.3 Å². The van der Waals surface area contributed by atoms with Crippen molar-refractivity contribution in [3.8, 4) is 11.3 Å². The van der Waals surface area contributed by atoms with Gasteiger partial charge in [0.05, 0.1) is 11.4 Å². The Morgan fingerprint density at radius 2 is 1.81 bits per heavy atom. The van der Waals surface area contributed by atoms with Crippen LogP contribution >= 0.6 is 0 Å². The summed E-state index contributed by atoms with van der Waals surface area (Å²) >= 11 is 0. The highest BCUT2D eigenvalue weighted by Crippen LogP contribution is 2.19. The van der Waals surface area contributed by atoms with E-state index in [0.717, 1.165) is 23.2 Å². The number of pyridine rings is 1. The van der Waals surface area contributed by atoms with E-state index in [4.69, 9.17) is 0 Å². The first kappa shape index (κ1) is 18.4. The molecule has 3 aromatic rings. The molecule has 1 aromatic carbocycles. The first-order chi connectivity index (χ1) is 13.0. The number of carbonyl (C=O) groups excluding carboxylic acids is 1. The number of aromatic amines is 1. The number of hydrazine groups is 1. The number of benzene rings is 1. The van der Waals surface area contributed by atoms with Crippen molar-refractivity contribution in [3.63, 3.8) is 0 Å². The second-order valence-electron chi connectivity index (χ2n) is 6.76. The van der Waals surface area contributed by atoms with E-state index in [2.05, 4.69) is 58.6 Å². The van der Waals surface area contributed by atoms with Crippen LogP contribution in [0.25, 0.3) is 17.0 Å². The van der Waals surface area contributed by atoms with E-state index in [1.807, 2.05) is 12.1 Å². The largest absolute Gasteiger partial charge is 0.298 e. The fraction of sp³-hybridized carbons (Fsp3) is 0.190. The Labute approximate surface area is 158 Å². The van der Waals surface area contributed by atoms with Crippen molar-refractivity contribution in [2.75, 3.05) is 0 Å². The van der Waals surface area contributed by atoms with Gasteiger partial charge in [-0.25, -0.2) is 0 Å². The van der Waals surface area contributed by atoms with Gasteiger partial charge in [0.1, 0.15) is 5.69 Å². The van der Waals surface area contributed by atoms with Crippen LogP contribution in [-0.4, -0.2) is 21.1 Å². The second kappa shape index (κ2) is 8.31. The molecule has 0 bridgehead atoms. The van der Waals surface area contributed by atoms with Crippen LogP contribution in [0.15, 0.2) is 61.4 Å². The van der Waals surface area contributed by atoms with E-state index < -0.39 is 0 Å². The van der Waals surface area contributed by atoms with Gasteiger partial charge in [-0.2, -0.15) is 5.10 Å². The molecule has 0 radical (unpaired) electrons. The highest BCUT2D eigenvalue weighted by molar-refractivity contribution is 5.93. The van der Waals surface area contributed by atoms with Crippen LogP contribution in [0.5, 0.6) is 0 Å². The number of nitrogens with zero attached hydrogens (tertiary/aromatic N) is 2. The van der Waals surface area contributed by atoms with E-state index >= 15 is 0 Å². The van der Waals surface area contributed by atoms with Crippen molar-refractivity contribution in [2.45, 2.75) is 20.3 Å². The topological polar surface area (TPSA) is 82.7 Å². The first-order valence-corrected chi connectivity index (χ1v) is 8.83. The molecule has 6 nitrogen and oxygen atoms in total. The molecule has 2 aromatic heterocycles. The minimum Gasteiger partial charge on any atom is -0.298 e. The van der Waals surface area contributed by atoms with Gasteiger partial charge in [-0.05, 0) is 36.1 Å². The molecule has 0 unspecified atom stereocenters. The number of aromatic nitrogens is 3. The van der Waals surface area contributed by atoms with E-state index in [9.17, 15) is 4.79 Å². The highest BCUT2D eigenvalue weighted by Gasteiger charge is 2.11. The maximum Gasteiger partial charge on any atom is 0.287 e. The molecule has 6 heteroatoms. The molecule has 0 saturated heterocycles. The maximum atomic E-state index is 12.3. The molecule has 0 aliphatic heterocycles. The quantitative estimate of drug-likeness (QED) is 0.562. The summed E-state index contributed by atoms with van der Waals surface area (Å²) in [6.45, 7) is 8.29. The van der Waals surface area contributed by atoms with Crippen molar-refractivity contribution >= 4 is 11.6 Å². The van der Waals surface area contributed by atoms with Gasteiger partial charge in [0, 0.05) is 23.5 Å². The number of hydrogen-bond acceptors (Lipinski definition) is 4. The van der Waals surface area contributed by atoms with Crippen molar-refractivity contribution in [1.82, 2.24) is 26.0 Å². The summed E-state index contributed by atoms with van der Waals surface area (Å²) in [4.78, 5) is 16.3. The molecule has 3 N–H and O–H groups in total. The van der Waals surface area contributed by atoms with Crippen LogP contribution in [0.1, 0.15) is 35.5 Å². The number of hydrogen-bond donors (Lipinski definition) is 3. The van der Waals surface area contributed by atoms with Crippen molar-refractivity contribution in [1.29, 1.82) is 0 Å². The average Bonchev–Trinajstić information content (AvgIpc) is 3.17. The van der Waals surface area contributed by atoms with E-state index in [1.165, 1.54) is 5.56 Å². The summed E-state index contributed by atoms with van der Waals surface area (Å²) in [7, 11) is 0. The molecule has 0 atom stereocenters. The third kappa shape index (κ3) is 4.82. The Kier molecular flexibility index (Phi) is 5.66. The number of carbonyl (C=O) groups is 1. The van der Waals surface area contributed by atoms with Gasteiger partial charge in [0.25, 0.3) is 5.91 Å². The molecule has 0 spiro atoms. The maximum absolute atomic E-state index is 12.3. The Hall–Kier alpha value is -3.41. The third-order valence-corrected chi connectivity index (χ3v) is 4.07. The van der Waals surface area contributed by atoms with Crippen LogP contribution in [0.4, 0.5) is 0 Å². The standard InChI is InChI=1S/C21H23N5O/c1-14(2)12-16-4-6-18(7-5-16)19-13-20(25-24-19)21(27)26-23-15(3)17-8-10-22-11-9-17/h4-11,13-14,23H,3,12H2,1-2H3,(H,24,25)(H,26,27). The predicted molar refractivity (Wildman–Crippen MR) is 106 cm³/mol. The molecule has 0 aliphatic carbocycles. The van der Waals surface area contributed by atoms with Gasteiger partial charge >= 0.3 is 0 Å². The Bertz CT molecular complexity index is 913. The van der Waals surface area contributed by atoms with Gasteiger partial charge in [-0.1, -0.05) is 44.7 Å². The summed E-state index contributed by atoms with van der Waals surface area (Å²) in [5.74, 6) is 0.298. The second-order valence-corrected chi connectivity index (χ2v) is 6.76. The lowest BCUT2D eigenvalue weighted by Crippen LogP contribution is -2.36. The molecular weight excluding hydrogens is 338 g/mol.